The lowest BCUT2D eigenvalue weighted by Gasteiger charge is -2.31. The molecular weight excluding hydrogens is 338 g/mol. The van der Waals surface area contributed by atoms with Crippen molar-refractivity contribution < 1.29 is 19.2 Å². The van der Waals surface area contributed by atoms with E-state index in [1.54, 1.807) is 6.07 Å². The second-order valence-corrected chi connectivity index (χ2v) is 6.06. The molecule has 0 saturated heterocycles. The van der Waals surface area contributed by atoms with Crippen LogP contribution in [0, 0.1) is 21.4 Å². The molecule has 1 aromatic rings. The van der Waals surface area contributed by atoms with Crippen LogP contribution < -0.4 is 5.32 Å². The molecule has 0 spiro atoms. The summed E-state index contributed by atoms with van der Waals surface area (Å²) < 4.78 is 4.84. The highest BCUT2D eigenvalue weighted by Crippen LogP contribution is 2.27. The Hall–Kier alpha value is -3.21. The Bertz CT molecular complexity index is 760. The third-order valence-corrected chi connectivity index (χ3v) is 4.18. The van der Waals surface area contributed by atoms with E-state index in [-0.39, 0.29) is 11.3 Å². The Kier molecular flexibility index (Phi) is 6.44. The Labute approximate surface area is 150 Å². The number of nitro benzene ring substituents is 1. The van der Waals surface area contributed by atoms with Crippen LogP contribution in [0.5, 0.6) is 0 Å². The molecule has 1 amide bonds. The maximum absolute atomic E-state index is 11.9. The third-order valence-electron chi connectivity index (χ3n) is 4.18. The lowest BCUT2D eigenvalue weighted by atomic mass is 9.83. The number of nitrogens with one attached hydrogen (secondary N) is 1. The van der Waals surface area contributed by atoms with Crippen molar-refractivity contribution in [1.29, 1.82) is 5.26 Å². The standard InChI is InChI=1S/C18H19N3O5/c19-13-18(10-4-1-5-11-18)20-16(22)12-26-17(23)9-8-14-6-2-3-7-15(14)21(24)25/h2-3,6-9H,1,4-5,10-12H2,(H,20,22)/b9-8+. The average Bonchev–Trinajstić information content (AvgIpc) is 2.65. The van der Waals surface area contributed by atoms with Crippen molar-refractivity contribution in [3.8, 4) is 6.07 Å². The largest absolute Gasteiger partial charge is 0.452 e. The molecule has 0 aliphatic heterocycles. The summed E-state index contributed by atoms with van der Waals surface area (Å²) in [6.45, 7) is -0.510. The highest BCUT2D eigenvalue weighted by atomic mass is 16.6. The summed E-state index contributed by atoms with van der Waals surface area (Å²) >= 11 is 0. The van der Waals surface area contributed by atoms with Crippen LogP contribution in [0.3, 0.4) is 0 Å². The number of esters is 1. The summed E-state index contributed by atoms with van der Waals surface area (Å²) in [4.78, 5) is 34.0. The first-order chi connectivity index (χ1) is 12.5. The fourth-order valence-electron chi connectivity index (χ4n) is 2.86. The van der Waals surface area contributed by atoms with Gasteiger partial charge in [-0.2, -0.15) is 5.26 Å². The van der Waals surface area contributed by atoms with E-state index >= 15 is 0 Å². The number of nitrogens with zero attached hydrogens (tertiary/aromatic N) is 2. The Balaban J connectivity index is 1.88. The van der Waals surface area contributed by atoms with Crippen LogP contribution in [0.2, 0.25) is 0 Å². The summed E-state index contributed by atoms with van der Waals surface area (Å²) in [5.41, 5.74) is -0.769. The molecule has 1 saturated carbocycles. The molecular formula is C18H19N3O5. The number of carbonyl (C=O) groups is 2. The van der Waals surface area contributed by atoms with Gasteiger partial charge in [0.15, 0.2) is 6.61 Å². The van der Waals surface area contributed by atoms with Gasteiger partial charge in [-0.1, -0.05) is 31.4 Å². The molecule has 1 aliphatic carbocycles. The van der Waals surface area contributed by atoms with Gasteiger partial charge in [-0.25, -0.2) is 4.79 Å². The first-order valence-electron chi connectivity index (χ1n) is 8.26. The van der Waals surface area contributed by atoms with E-state index in [0.717, 1.165) is 25.3 Å². The first kappa shape index (κ1) is 19.1. The van der Waals surface area contributed by atoms with Gasteiger partial charge >= 0.3 is 5.97 Å². The van der Waals surface area contributed by atoms with E-state index in [1.165, 1.54) is 24.3 Å². The van der Waals surface area contributed by atoms with Crippen molar-refractivity contribution in [3.63, 3.8) is 0 Å². The van der Waals surface area contributed by atoms with Crippen molar-refractivity contribution in [2.75, 3.05) is 6.61 Å². The molecule has 0 unspecified atom stereocenters. The van der Waals surface area contributed by atoms with Crippen LogP contribution >= 0.6 is 0 Å². The molecule has 8 heteroatoms. The number of carbonyl (C=O) groups excluding carboxylic acids is 2. The van der Waals surface area contributed by atoms with Gasteiger partial charge in [-0.3, -0.25) is 14.9 Å². The van der Waals surface area contributed by atoms with E-state index in [9.17, 15) is 25.0 Å². The van der Waals surface area contributed by atoms with Crippen molar-refractivity contribution in [3.05, 3.63) is 46.0 Å². The maximum atomic E-state index is 11.9. The average molecular weight is 357 g/mol. The number of amides is 1. The highest BCUT2D eigenvalue weighted by Gasteiger charge is 2.33. The Morgan fingerprint density at radius 2 is 2.00 bits per heavy atom. The van der Waals surface area contributed by atoms with E-state index < -0.39 is 28.9 Å². The highest BCUT2D eigenvalue weighted by molar-refractivity contribution is 5.90. The van der Waals surface area contributed by atoms with Crippen molar-refractivity contribution in [2.24, 2.45) is 0 Å². The van der Waals surface area contributed by atoms with Gasteiger partial charge in [-0.15, -0.1) is 0 Å². The van der Waals surface area contributed by atoms with E-state index in [1.807, 2.05) is 0 Å². The molecule has 1 aromatic carbocycles. The van der Waals surface area contributed by atoms with Gasteiger partial charge in [0, 0.05) is 12.1 Å². The Morgan fingerprint density at radius 1 is 1.31 bits per heavy atom. The van der Waals surface area contributed by atoms with E-state index in [2.05, 4.69) is 11.4 Å². The SMILES string of the molecule is N#CC1(NC(=O)COC(=O)/C=C/c2ccccc2[N+](=O)[O-])CCCCC1. The van der Waals surface area contributed by atoms with Gasteiger partial charge in [0.1, 0.15) is 5.54 Å². The molecule has 1 aliphatic rings. The number of rotatable bonds is 6. The molecule has 0 aromatic heterocycles. The molecule has 8 nitrogen and oxygen atoms in total. The monoisotopic (exact) mass is 357 g/mol. The van der Waals surface area contributed by atoms with Crippen LogP contribution in [-0.4, -0.2) is 28.9 Å². The fraction of sp³-hybridized carbons (Fsp3) is 0.389. The molecule has 0 bridgehead atoms. The second-order valence-electron chi connectivity index (χ2n) is 6.06. The molecule has 2 rings (SSSR count). The smallest absolute Gasteiger partial charge is 0.331 e. The summed E-state index contributed by atoms with van der Waals surface area (Å²) in [5.74, 6) is -1.34. The van der Waals surface area contributed by atoms with Crippen LogP contribution in [-0.2, 0) is 14.3 Å². The van der Waals surface area contributed by atoms with Crippen LogP contribution in [0.4, 0.5) is 5.69 Å². The van der Waals surface area contributed by atoms with Gasteiger partial charge in [0.05, 0.1) is 16.6 Å². The van der Waals surface area contributed by atoms with Gasteiger partial charge in [-0.05, 0) is 25.0 Å². The molecule has 0 heterocycles. The van der Waals surface area contributed by atoms with Crippen molar-refractivity contribution >= 4 is 23.6 Å². The minimum atomic E-state index is -0.887. The normalized spacial score (nSPS) is 15.8. The first-order valence-corrected chi connectivity index (χ1v) is 8.26. The molecule has 136 valence electrons. The van der Waals surface area contributed by atoms with Crippen molar-refractivity contribution in [2.45, 2.75) is 37.6 Å². The van der Waals surface area contributed by atoms with Crippen LogP contribution in [0.1, 0.15) is 37.7 Å². The molecule has 1 fully saturated rings. The number of benzene rings is 1. The van der Waals surface area contributed by atoms with Crippen molar-refractivity contribution in [1.82, 2.24) is 5.32 Å². The number of para-hydroxylation sites is 1. The number of nitriles is 1. The topological polar surface area (TPSA) is 122 Å². The van der Waals surface area contributed by atoms with E-state index in [0.29, 0.717) is 12.8 Å². The minimum Gasteiger partial charge on any atom is -0.452 e. The van der Waals surface area contributed by atoms with Gasteiger partial charge in [0.25, 0.3) is 11.6 Å². The molecule has 1 N–H and O–H groups in total. The zero-order chi connectivity index (χ0) is 19.0. The van der Waals surface area contributed by atoms with E-state index in [4.69, 9.17) is 4.74 Å². The summed E-state index contributed by atoms with van der Waals surface area (Å²) in [7, 11) is 0. The lowest BCUT2D eigenvalue weighted by molar-refractivity contribution is -0.385. The molecule has 26 heavy (non-hydrogen) atoms. The quantitative estimate of drug-likeness (QED) is 0.361. The summed E-state index contributed by atoms with van der Waals surface area (Å²) in [6, 6.07) is 8.10. The fourth-order valence-corrected chi connectivity index (χ4v) is 2.86. The Morgan fingerprint density at radius 3 is 2.65 bits per heavy atom. The minimum absolute atomic E-state index is 0.137. The third kappa shape index (κ3) is 5.14. The zero-order valence-corrected chi connectivity index (χ0v) is 14.1. The van der Waals surface area contributed by atoms with Crippen LogP contribution in [0.25, 0.3) is 6.08 Å². The second kappa shape index (κ2) is 8.76. The zero-order valence-electron chi connectivity index (χ0n) is 14.1. The number of hydrogen-bond acceptors (Lipinski definition) is 6. The number of ether oxygens (including phenoxy) is 1. The maximum Gasteiger partial charge on any atom is 0.331 e. The predicted octanol–water partition coefficient (Wildman–Crippen LogP) is 2.49. The number of nitro groups is 1. The lowest BCUT2D eigenvalue weighted by Crippen LogP contribution is -2.49. The summed E-state index contributed by atoms with van der Waals surface area (Å²) in [5, 5.41) is 22.9. The van der Waals surface area contributed by atoms with Crippen LogP contribution in [0.15, 0.2) is 30.3 Å². The predicted molar refractivity (Wildman–Crippen MR) is 92.7 cm³/mol. The van der Waals surface area contributed by atoms with Gasteiger partial charge in [0.2, 0.25) is 0 Å². The van der Waals surface area contributed by atoms with Gasteiger partial charge < -0.3 is 10.1 Å². The molecule has 0 radical (unpaired) electrons. The number of hydrogen-bond donors (Lipinski definition) is 1. The molecule has 0 atom stereocenters. The summed E-state index contributed by atoms with van der Waals surface area (Å²) in [6.07, 6.45) is 6.22.